The Morgan fingerprint density at radius 3 is 2.68 bits per heavy atom. The van der Waals surface area contributed by atoms with Gasteiger partial charge in [-0.2, -0.15) is 0 Å². The Morgan fingerprint density at radius 1 is 1.27 bits per heavy atom. The molecule has 22 heavy (non-hydrogen) atoms. The summed E-state index contributed by atoms with van der Waals surface area (Å²) in [6.07, 6.45) is -0.982. The third kappa shape index (κ3) is 3.78. The van der Waals surface area contributed by atoms with Gasteiger partial charge in [0.1, 0.15) is 5.82 Å². The number of hydrogen-bond acceptors (Lipinski definition) is 4. The van der Waals surface area contributed by atoms with Crippen LogP contribution in [0.25, 0.3) is 0 Å². The van der Waals surface area contributed by atoms with Crippen molar-refractivity contribution < 1.29 is 18.8 Å². The molecule has 2 aromatic carbocycles. The molecule has 0 aliphatic rings. The molecule has 0 radical (unpaired) electrons. The van der Waals surface area contributed by atoms with Gasteiger partial charge in [0, 0.05) is 11.8 Å². The molecule has 0 saturated carbocycles. The first-order chi connectivity index (χ1) is 10.5. The normalized spacial score (nSPS) is 11.5. The van der Waals surface area contributed by atoms with Gasteiger partial charge >= 0.3 is 5.69 Å². The number of nitro groups is 1. The molecule has 1 atom stereocenters. The van der Waals surface area contributed by atoms with Crippen LogP contribution in [0.3, 0.4) is 0 Å². The maximum atomic E-state index is 13.0. The van der Waals surface area contributed by atoms with Gasteiger partial charge in [-0.05, 0) is 31.2 Å². The zero-order valence-electron chi connectivity index (χ0n) is 11.7. The van der Waals surface area contributed by atoms with Crippen LogP contribution in [0.4, 0.5) is 15.8 Å². The van der Waals surface area contributed by atoms with Crippen LogP contribution in [0, 0.1) is 15.9 Å². The number of benzene rings is 2. The predicted molar refractivity (Wildman–Crippen MR) is 78.2 cm³/mol. The molecule has 0 aromatic heterocycles. The van der Waals surface area contributed by atoms with Gasteiger partial charge in [0.2, 0.25) is 0 Å². The van der Waals surface area contributed by atoms with E-state index in [4.69, 9.17) is 4.74 Å². The number of rotatable bonds is 5. The fraction of sp³-hybridized carbons (Fsp3) is 0.133. The molecule has 2 aromatic rings. The summed E-state index contributed by atoms with van der Waals surface area (Å²) in [7, 11) is 0. The van der Waals surface area contributed by atoms with Gasteiger partial charge in [0.25, 0.3) is 5.91 Å². The minimum Gasteiger partial charge on any atom is -0.474 e. The van der Waals surface area contributed by atoms with Gasteiger partial charge in [-0.25, -0.2) is 4.39 Å². The van der Waals surface area contributed by atoms with Crippen LogP contribution >= 0.6 is 0 Å². The van der Waals surface area contributed by atoms with E-state index in [1.165, 1.54) is 43.3 Å². The molecule has 1 N–H and O–H groups in total. The molecule has 0 saturated heterocycles. The first kappa shape index (κ1) is 15.4. The van der Waals surface area contributed by atoms with Crippen molar-refractivity contribution in [2.75, 3.05) is 5.32 Å². The fourth-order valence-electron chi connectivity index (χ4n) is 1.76. The number of hydrogen-bond donors (Lipinski definition) is 1. The molecule has 0 spiro atoms. The number of carbonyl (C=O) groups excluding carboxylic acids is 1. The van der Waals surface area contributed by atoms with Gasteiger partial charge in [0.05, 0.1) is 4.92 Å². The number of carbonyl (C=O) groups is 1. The van der Waals surface area contributed by atoms with Gasteiger partial charge in [0.15, 0.2) is 11.9 Å². The monoisotopic (exact) mass is 304 g/mol. The summed E-state index contributed by atoms with van der Waals surface area (Å²) in [5.74, 6) is -1.02. The number of para-hydroxylation sites is 2. The van der Waals surface area contributed by atoms with Gasteiger partial charge in [-0.15, -0.1) is 0 Å². The standard InChI is InChI=1S/C15H13FN2O4/c1-10(15(19)17-12-6-4-5-11(16)9-12)22-14-8-3-2-7-13(14)18(20)21/h2-10H,1H3,(H,17,19). The Bertz CT molecular complexity index is 705. The summed E-state index contributed by atoms with van der Waals surface area (Å²) in [5, 5.41) is 13.4. The van der Waals surface area contributed by atoms with E-state index in [2.05, 4.69) is 5.32 Å². The van der Waals surface area contributed by atoms with E-state index in [1.807, 2.05) is 0 Å². The molecule has 0 fully saturated rings. The average Bonchev–Trinajstić information content (AvgIpc) is 2.47. The molecule has 2 rings (SSSR count). The number of nitrogens with one attached hydrogen (secondary N) is 1. The van der Waals surface area contributed by atoms with Crippen LogP contribution in [0.5, 0.6) is 5.75 Å². The van der Waals surface area contributed by atoms with Crippen molar-refractivity contribution in [3.05, 3.63) is 64.5 Å². The third-order valence-electron chi connectivity index (χ3n) is 2.83. The van der Waals surface area contributed by atoms with Crippen molar-refractivity contribution in [1.82, 2.24) is 0 Å². The second kappa shape index (κ2) is 6.66. The van der Waals surface area contributed by atoms with Crippen molar-refractivity contribution in [2.24, 2.45) is 0 Å². The number of anilines is 1. The second-order valence-corrected chi connectivity index (χ2v) is 4.48. The topological polar surface area (TPSA) is 81.5 Å². The van der Waals surface area contributed by atoms with Crippen LogP contribution in [0.2, 0.25) is 0 Å². The van der Waals surface area contributed by atoms with Crippen molar-refractivity contribution >= 4 is 17.3 Å². The SMILES string of the molecule is CC(Oc1ccccc1[N+](=O)[O-])C(=O)Nc1cccc(F)c1. The molecule has 0 bridgehead atoms. The maximum Gasteiger partial charge on any atom is 0.310 e. The first-order valence-electron chi connectivity index (χ1n) is 6.44. The van der Waals surface area contributed by atoms with Crippen molar-refractivity contribution in [1.29, 1.82) is 0 Å². The molecular weight excluding hydrogens is 291 g/mol. The predicted octanol–water partition coefficient (Wildman–Crippen LogP) is 3.14. The lowest BCUT2D eigenvalue weighted by atomic mass is 10.2. The number of amides is 1. The van der Waals surface area contributed by atoms with Gasteiger partial charge in [-0.1, -0.05) is 18.2 Å². The molecule has 114 valence electrons. The highest BCUT2D eigenvalue weighted by molar-refractivity contribution is 5.94. The molecule has 6 nitrogen and oxygen atoms in total. The summed E-state index contributed by atoms with van der Waals surface area (Å²) in [5.41, 5.74) is 0.0518. The van der Waals surface area contributed by atoms with Crippen LogP contribution < -0.4 is 10.1 Å². The second-order valence-electron chi connectivity index (χ2n) is 4.48. The third-order valence-corrected chi connectivity index (χ3v) is 2.83. The molecule has 1 amide bonds. The quantitative estimate of drug-likeness (QED) is 0.679. The lowest BCUT2D eigenvalue weighted by molar-refractivity contribution is -0.386. The first-order valence-corrected chi connectivity index (χ1v) is 6.44. The Morgan fingerprint density at radius 2 is 2.00 bits per heavy atom. The van der Waals surface area contributed by atoms with E-state index in [1.54, 1.807) is 6.07 Å². The van der Waals surface area contributed by atoms with E-state index in [0.29, 0.717) is 0 Å². The number of ether oxygens (including phenoxy) is 1. The van der Waals surface area contributed by atoms with Crippen LogP contribution in [0.1, 0.15) is 6.92 Å². The fourth-order valence-corrected chi connectivity index (χ4v) is 1.76. The minimum absolute atomic E-state index is 0.00519. The zero-order valence-corrected chi connectivity index (χ0v) is 11.7. The van der Waals surface area contributed by atoms with E-state index in [0.717, 1.165) is 6.07 Å². The highest BCUT2D eigenvalue weighted by Gasteiger charge is 2.20. The Labute approximate surface area is 125 Å². The van der Waals surface area contributed by atoms with Crippen LogP contribution in [-0.2, 0) is 4.79 Å². The molecule has 0 aliphatic heterocycles. The smallest absolute Gasteiger partial charge is 0.310 e. The summed E-state index contributed by atoms with van der Waals surface area (Å²) >= 11 is 0. The minimum atomic E-state index is -0.982. The van der Waals surface area contributed by atoms with Crippen molar-refractivity contribution in [3.8, 4) is 5.75 Å². The highest BCUT2D eigenvalue weighted by atomic mass is 19.1. The van der Waals surface area contributed by atoms with E-state index < -0.39 is 22.8 Å². The van der Waals surface area contributed by atoms with Gasteiger partial charge in [-0.3, -0.25) is 14.9 Å². The number of nitro benzene ring substituents is 1. The molecule has 0 heterocycles. The Kier molecular flexibility index (Phi) is 4.67. The lowest BCUT2D eigenvalue weighted by Gasteiger charge is -2.14. The molecular formula is C15H13FN2O4. The molecule has 0 aliphatic carbocycles. The van der Waals surface area contributed by atoms with E-state index in [-0.39, 0.29) is 17.1 Å². The summed E-state index contributed by atoms with van der Waals surface area (Å²) in [6.45, 7) is 1.45. The number of halogens is 1. The molecule has 1 unspecified atom stereocenters. The lowest BCUT2D eigenvalue weighted by Crippen LogP contribution is -2.30. The maximum absolute atomic E-state index is 13.0. The van der Waals surface area contributed by atoms with E-state index in [9.17, 15) is 19.3 Å². The highest BCUT2D eigenvalue weighted by Crippen LogP contribution is 2.27. The summed E-state index contributed by atoms with van der Waals surface area (Å²) in [4.78, 5) is 22.3. The van der Waals surface area contributed by atoms with Crippen LogP contribution in [-0.4, -0.2) is 16.9 Å². The summed E-state index contributed by atoms with van der Waals surface area (Å²) < 4.78 is 18.4. The largest absolute Gasteiger partial charge is 0.474 e. The van der Waals surface area contributed by atoms with Crippen LogP contribution in [0.15, 0.2) is 48.5 Å². The van der Waals surface area contributed by atoms with E-state index >= 15 is 0 Å². The number of nitrogens with zero attached hydrogens (tertiary/aromatic N) is 1. The Balaban J connectivity index is 2.07. The van der Waals surface area contributed by atoms with Crippen molar-refractivity contribution in [2.45, 2.75) is 13.0 Å². The average molecular weight is 304 g/mol. The van der Waals surface area contributed by atoms with Gasteiger partial charge < -0.3 is 10.1 Å². The molecule has 7 heteroatoms. The summed E-state index contributed by atoms with van der Waals surface area (Å²) in [6, 6.07) is 11.2. The zero-order chi connectivity index (χ0) is 16.1. The van der Waals surface area contributed by atoms with Crippen molar-refractivity contribution in [3.63, 3.8) is 0 Å². The Hall–Kier alpha value is -2.96.